The molecule has 0 spiro atoms. The average molecular weight is 244 g/mol. The van der Waals surface area contributed by atoms with E-state index < -0.39 is 11.5 Å². The Balaban J connectivity index is 2.63. The molecule has 1 aliphatic rings. The number of carbonyl (C=O) groups is 1. The Kier molecular flexibility index (Phi) is 5.36. The van der Waals surface area contributed by atoms with Gasteiger partial charge in [-0.1, -0.05) is 6.92 Å². The molecule has 0 bridgehead atoms. The van der Waals surface area contributed by atoms with Gasteiger partial charge in [-0.05, 0) is 31.6 Å². The fourth-order valence-corrected chi connectivity index (χ4v) is 2.33. The van der Waals surface area contributed by atoms with Crippen LogP contribution < -0.4 is 11.1 Å². The summed E-state index contributed by atoms with van der Waals surface area (Å²) in [5.74, 6) is 0.522. The van der Waals surface area contributed by atoms with Crippen LogP contribution in [0.5, 0.6) is 0 Å². The van der Waals surface area contributed by atoms with Crippen LogP contribution in [0.1, 0.15) is 32.6 Å². The van der Waals surface area contributed by atoms with Crippen LogP contribution in [0.15, 0.2) is 0 Å². The number of hydrogen-bond acceptors (Lipinski definition) is 4. The van der Waals surface area contributed by atoms with Crippen LogP contribution in [-0.2, 0) is 4.79 Å². The lowest BCUT2D eigenvalue weighted by Gasteiger charge is -2.37. The highest BCUT2D eigenvalue weighted by Crippen LogP contribution is 2.38. The highest BCUT2D eigenvalue weighted by Gasteiger charge is 2.40. The topological polar surface area (TPSA) is 95.6 Å². The van der Waals surface area contributed by atoms with Crippen LogP contribution in [0.25, 0.3) is 0 Å². The highest BCUT2D eigenvalue weighted by atomic mass is 16.3. The van der Waals surface area contributed by atoms with Crippen molar-refractivity contribution in [2.45, 2.75) is 38.6 Å². The van der Waals surface area contributed by atoms with Crippen LogP contribution in [0.4, 0.5) is 0 Å². The summed E-state index contributed by atoms with van der Waals surface area (Å²) in [6.45, 7) is 2.01. The zero-order chi connectivity index (χ0) is 12.9. The summed E-state index contributed by atoms with van der Waals surface area (Å²) >= 11 is 0. The molecule has 17 heavy (non-hydrogen) atoms. The largest absolute Gasteiger partial charge is 0.394 e. The highest BCUT2D eigenvalue weighted by molar-refractivity contribution is 5.83. The van der Waals surface area contributed by atoms with Gasteiger partial charge < -0.3 is 21.3 Å². The quantitative estimate of drug-likeness (QED) is 0.530. The Labute approximate surface area is 102 Å². The summed E-state index contributed by atoms with van der Waals surface area (Å²) in [5.41, 5.74) is 5.25. The molecule has 5 N–H and O–H groups in total. The van der Waals surface area contributed by atoms with Gasteiger partial charge >= 0.3 is 0 Å². The summed E-state index contributed by atoms with van der Waals surface area (Å²) < 4.78 is 0. The van der Waals surface area contributed by atoms with E-state index in [0.717, 1.165) is 25.7 Å². The van der Waals surface area contributed by atoms with Gasteiger partial charge in [0.15, 0.2) is 0 Å². The molecule has 0 saturated heterocycles. The van der Waals surface area contributed by atoms with E-state index in [4.69, 9.17) is 15.9 Å². The maximum Gasteiger partial charge on any atom is 0.227 e. The van der Waals surface area contributed by atoms with E-state index in [1.807, 2.05) is 0 Å². The van der Waals surface area contributed by atoms with Crippen molar-refractivity contribution in [1.29, 1.82) is 0 Å². The molecule has 1 aliphatic carbocycles. The van der Waals surface area contributed by atoms with Crippen LogP contribution >= 0.6 is 0 Å². The number of nitrogens with one attached hydrogen (secondary N) is 1. The molecular weight excluding hydrogens is 220 g/mol. The van der Waals surface area contributed by atoms with Crippen molar-refractivity contribution < 1.29 is 15.0 Å². The molecular formula is C12H24N2O3. The third-order valence-electron chi connectivity index (χ3n) is 3.88. The Morgan fingerprint density at radius 2 is 1.94 bits per heavy atom. The monoisotopic (exact) mass is 244 g/mol. The predicted octanol–water partition coefficient (Wildman–Crippen LogP) is -0.389. The fourth-order valence-electron chi connectivity index (χ4n) is 2.33. The molecule has 0 aromatic rings. The van der Waals surface area contributed by atoms with Gasteiger partial charge in [0, 0.05) is 6.54 Å². The first-order chi connectivity index (χ1) is 8.07. The minimum atomic E-state index is -0.578. The Bertz CT molecular complexity index is 246. The molecule has 1 saturated carbocycles. The zero-order valence-corrected chi connectivity index (χ0v) is 10.5. The maximum absolute atomic E-state index is 12.2. The number of carbonyl (C=O) groups excluding carboxylic acids is 1. The van der Waals surface area contributed by atoms with E-state index in [1.165, 1.54) is 0 Å². The summed E-state index contributed by atoms with van der Waals surface area (Å²) in [5, 5.41) is 20.6. The molecule has 1 fully saturated rings. The van der Waals surface area contributed by atoms with Crippen molar-refractivity contribution in [2.24, 2.45) is 17.1 Å². The average Bonchev–Trinajstić information content (AvgIpc) is 2.37. The standard InChI is InChI=1S/C12H24N2O3/c1-9-2-4-12(8-13,5-3-9)11(17)14-10(6-15)7-16/h9-10,15-16H,2-8,13H2,1H3,(H,14,17). The van der Waals surface area contributed by atoms with Crippen LogP contribution in [0.2, 0.25) is 0 Å². The van der Waals surface area contributed by atoms with E-state index in [9.17, 15) is 4.79 Å². The van der Waals surface area contributed by atoms with Crippen molar-refractivity contribution in [3.05, 3.63) is 0 Å². The van der Waals surface area contributed by atoms with Crippen LogP contribution in [0, 0.1) is 11.3 Å². The zero-order valence-electron chi connectivity index (χ0n) is 10.5. The number of rotatable bonds is 5. The SMILES string of the molecule is CC1CCC(CN)(C(=O)NC(CO)CO)CC1. The fraction of sp³-hybridized carbons (Fsp3) is 0.917. The van der Waals surface area contributed by atoms with E-state index in [2.05, 4.69) is 12.2 Å². The number of amides is 1. The minimum absolute atomic E-state index is 0.125. The van der Waals surface area contributed by atoms with Crippen LogP contribution in [-0.4, -0.2) is 41.9 Å². The number of aliphatic hydroxyl groups excluding tert-OH is 2. The van der Waals surface area contributed by atoms with Gasteiger partial charge in [-0.25, -0.2) is 0 Å². The van der Waals surface area contributed by atoms with Crippen molar-refractivity contribution in [2.75, 3.05) is 19.8 Å². The number of aliphatic hydroxyl groups is 2. The molecule has 5 heteroatoms. The van der Waals surface area contributed by atoms with Crippen LogP contribution in [0.3, 0.4) is 0 Å². The second-order valence-electron chi connectivity index (χ2n) is 5.20. The summed E-state index contributed by atoms with van der Waals surface area (Å²) in [7, 11) is 0. The Morgan fingerprint density at radius 3 is 2.35 bits per heavy atom. The first kappa shape index (κ1) is 14.4. The van der Waals surface area contributed by atoms with Crippen molar-refractivity contribution >= 4 is 5.91 Å². The molecule has 5 nitrogen and oxygen atoms in total. The molecule has 1 rings (SSSR count). The van der Waals surface area contributed by atoms with E-state index in [1.54, 1.807) is 0 Å². The van der Waals surface area contributed by atoms with E-state index in [0.29, 0.717) is 12.5 Å². The molecule has 0 radical (unpaired) electrons. The van der Waals surface area contributed by atoms with Crippen molar-refractivity contribution in [3.8, 4) is 0 Å². The second-order valence-corrected chi connectivity index (χ2v) is 5.20. The number of hydrogen-bond donors (Lipinski definition) is 4. The molecule has 100 valence electrons. The van der Waals surface area contributed by atoms with Crippen molar-refractivity contribution in [3.63, 3.8) is 0 Å². The van der Waals surface area contributed by atoms with E-state index in [-0.39, 0.29) is 19.1 Å². The van der Waals surface area contributed by atoms with Crippen molar-refractivity contribution in [1.82, 2.24) is 5.32 Å². The molecule has 0 aromatic carbocycles. The van der Waals surface area contributed by atoms with Gasteiger partial charge in [0.05, 0.1) is 24.7 Å². The lowest BCUT2D eigenvalue weighted by Crippen LogP contribution is -2.52. The number of nitrogens with two attached hydrogens (primary N) is 1. The summed E-state index contributed by atoms with van der Waals surface area (Å²) in [4.78, 5) is 12.2. The molecule has 0 unspecified atom stereocenters. The molecule has 1 amide bonds. The lowest BCUT2D eigenvalue weighted by molar-refractivity contribution is -0.134. The van der Waals surface area contributed by atoms with Gasteiger partial charge in [-0.2, -0.15) is 0 Å². The lowest BCUT2D eigenvalue weighted by atomic mass is 9.70. The van der Waals surface area contributed by atoms with Gasteiger partial charge in [0.2, 0.25) is 5.91 Å². The first-order valence-electron chi connectivity index (χ1n) is 6.30. The van der Waals surface area contributed by atoms with E-state index >= 15 is 0 Å². The van der Waals surface area contributed by atoms with Gasteiger partial charge in [0.1, 0.15) is 0 Å². The minimum Gasteiger partial charge on any atom is -0.394 e. The summed E-state index contributed by atoms with van der Waals surface area (Å²) in [6.07, 6.45) is 3.60. The third-order valence-corrected chi connectivity index (χ3v) is 3.88. The molecule has 0 heterocycles. The first-order valence-corrected chi connectivity index (χ1v) is 6.30. The Morgan fingerprint density at radius 1 is 1.41 bits per heavy atom. The molecule has 0 aromatic heterocycles. The molecule has 0 atom stereocenters. The summed E-state index contributed by atoms with van der Waals surface area (Å²) in [6, 6.07) is -0.578. The van der Waals surface area contributed by atoms with Gasteiger partial charge in [-0.15, -0.1) is 0 Å². The van der Waals surface area contributed by atoms with Gasteiger partial charge in [0.25, 0.3) is 0 Å². The second kappa shape index (κ2) is 6.33. The smallest absolute Gasteiger partial charge is 0.227 e. The predicted molar refractivity (Wildman–Crippen MR) is 65.2 cm³/mol. The molecule has 0 aliphatic heterocycles. The maximum atomic E-state index is 12.2. The van der Waals surface area contributed by atoms with Gasteiger partial charge in [-0.3, -0.25) is 4.79 Å². The normalized spacial score (nSPS) is 29.4. The third kappa shape index (κ3) is 3.40. The Hall–Kier alpha value is -0.650.